The smallest absolute Gasteiger partial charge is 0.216 e. The molecule has 0 fully saturated rings. The molecule has 0 aromatic rings. The van der Waals surface area contributed by atoms with Gasteiger partial charge in [0.2, 0.25) is 8.46 Å². The minimum absolute atomic E-state index is 1.35. The lowest BCUT2D eigenvalue weighted by Crippen LogP contribution is -1.59. The van der Waals surface area contributed by atoms with Gasteiger partial charge < -0.3 is 4.52 Å². The molecule has 1 atom stereocenters. The van der Waals surface area contributed by atoms with Gasteiger partial charge in [0.1, 0.15) is 0 Å². The maximum absolute atomic E-state index is 11.3. The zero-order valence-corrected chi connectivity index (χ0v) is 4.13. The molecular formula is C2H6FOP. The Balaban J connectivity index is 2.54. The normalized spacial score (nSPS) is 15.0. The third kappa shape index (κ3) is 4.32. The van der Waals surface area contributed by atoms with Crippen LogP contribution in [0.4, 0.5) is 4.20 Å². The van der Waals surface area contributed by atoms with Gasteiger partial charge in [-0.15, -0.1) is 0 Å². The molecule has 0 spiro atoms. The second-order valence-electron chi connectivity index (χ2n) is 0.603. The summed E-state index contributed by atoms with van der Waals surface area (Å²) in [5.74, 6) is 0. The van der Waals surface area contributed by atoms with Gasteiger partial charge >= 0.3 is 0 Å². The lowest BCUT2D eigenvalue weighted by Gasteiger charge is -1.88. The van der Waals surface area contributed by atoms with Crippen molar-refractivity contribution < 1.29 is 8.72 Å². The van der Waals surface area contributed by atoms with E-state index < -0.39 is 8.46 Å². The first-order valence-electron chi connectivity index (χ1n) is 1.21. The molecule has 0 aromatic carbocycles. The molecule has 0 saturated heterocycles. The average molecular weight is 96.0 g/mol. The standard InChI is InChI=1S/C2H6FOP/c1-4-5(2)3/h1-2H3/t5-/m0/s1. The molecule has 32 valence electrons. The second kappa shape index (κ2) is 2.55. The van der Waals surface area contributed by atoms with Crippen molar-refractivity contribution >= 4 is 8.46 Å². The van der Waals surface area contributed by atoms with E-state index in [1.165, 1.54) is 13.8 Å². The molecule has 0 rings (SSSR count). The van der Waals surface area contributed by atoms with Crippen LogP contribution in [-0.4, -0.2) is 13.8 Å². The van der Waals surface area contributed by atoms with Crippen LogP contribution >= 0.6 is 8.46 Å². The van der Waals surface area contributed by atoms with Crippen molar-refractivity contribution in [3.05, 3.63) is 0 Å². The molecule has 0 saturated carbocycles. The summed E-state index contributed by atoms with van der Waals surface area (Å²) < 4.78 is 15.4. The van der Waals surface area contributed by atoms with Crippen molar-refractivity contribution in [1.82, 2.24) is 0 Å². The summed E-state index contributed by atoms with van der Waals surface area (Å²) in [6, 6.07) is 0. The summed E-state index contributed by atoms with van der Waals surface area (Å²) in [5, 5.41) is 0. The molecule has 0 amide bonds. The number of hydrogen-bond acceptors (Lipinski definition) is 1. The Hall–Kier alpha value is 0.320. The van der Waals surface area contributed by atoms with E-state index >= 15 is 0 Å². The summed E-state index contributed by atoms with van der Waals surface area (Å²) in [6.07, 6.45) is 0. The average Bonchev–Trinajstić information content (AvgIpc) is 1.38. The second-order valence-corrected chi connectivity index (χ2v) is 1.81. The van der Waals surface area contributed by atoms with Gasteiger partial charge in [-0.05, 0) is 0 Å². The van der Waals surface area contributed by atoms with Gasteiger partial charge in [0.05, 0.1) is 0 Å². The Morgan fingerprint density at radius 1 is 1.80 bits per heavy atom. The minimum Gasteiger partial charge on any atom is -0.334 e. The van der Waals surface area contributed by atoms with E-state index in [1.54, 1.807) is 0 Å². The summed E-state index contributed by atoms with van der Waals surface area (Å²) >= 11 is 0. The molecule has 0 N–H and O–H groups in total. The van der Waals surface area contributed by atoms with E-state index in [-0.39, 0.29) is 0 Å². The van der Waals surface area contributed by atoms with E-state index in [0.717, 1.165) is 0 Å². The quantitative estimate of drug-likeness (QED) is 0.450. The van der Waals surface area contributed by atoms with E-state index in [4.69, 9.17) is 0 Å². The molecule has 0 aliphatic carbocycles. The van der Waals surface area contributed by atoms with Gasteiger partial charge in [0, 0.05) is 13.8 Å². The maximum atomic E-state index is 11.3. The number of halogens is 1. The van der Waals surface area contributed by atoms with E-state index in [2.05, 4.69) is 4.52 Å². The highest BCUT2D eigenvalue weighted by atomic mass is 31.2. The Morgan fingerprint density at radius 3 is 2.00 bits per heavy atom. The van der Waals surface area contributed by atoms with Crippen LogP contribution in [0.3, 0.4) is 0 Å². The third-order valence-electron chi connectivity index (χ3n) is 0.252. The molecule has 1 nitrogen and oxygen atoms in total. The van der Waals surface area contributed by atoms with Crippen LogP contribution in [0.25, 0.3) is 0 Å². The molecule has 0 heterocycles. The zero-order chi connectivity index (χ0) is 4.28. The van der Waals surface area contributed by atoms with Crippen LogP contribution < -0.4 is 0 Å². The van der Waals surface area contributed by atoms with Crippen molar-refractivity contribution in [1.29, 1.82) is 0 Å². The topological polar surface area (TPSA) is 9.23 Å². The van der Waals surface area contributed by atoms with Crippen molar-refractivity contribution in [2.24, 2.45) is 0 Å². The van der Waals surface area contributed by atoms with Crippen molar-refractivity contribution in [3.63, 3.8) is 0 Å². The van der Waals surface area contributed by atoms with Crippen LogP contribution in [0.1, 0.15) is 0 Å². The molecule has 0 aromatic heterocycles. The Labute approximate surface area is 32.1 Å². The molecule has 0 aliphatic heterocycles. The molecule has 0 radical (unpaired) electrons. The fourth-order valence-corrected chi connectivity index (χ4v) is 0. The van der Waals surface area contributed by atoms with Crippen molar-refractivity contribution in [3.8, 4) is 0 Å². The molecule has 5 heavy (non-hydrogen) atoms. The first kappa shape index (κ1) is 5.32. The third-order valence-corrected chi connectivity index (χ3v) is 0.755. The van der Waals surface area contributed by atoms with Gasteiger partial charge in [-0.2, -0.15) is 4.20 Å². The monoisotopic (exact) mass is 96.0 g/mol. The van der Waals surface area contributed by atoms with Gasteiger partial charge in [-0.25, -0.2) is 0 Å². The Kier molecular flexibility index (Phi) is 2.71. The van der Waals surface area contributed by atoms with Crippen LogP contribution in [-0.2, 0) is 4.52 Å². The molecular weight excluding hydrogens is 90.0 g/mol. The highest BCUT2D eigenvalue weighted by molar-refractivity contribution is 7.45. The highest BCUT2D eigenvalue weighted by Crippen LogP contribution is 2.30. The van der Waals surface area contributed by atoms with Gasteiger partial charge in [-0.3, -0.25) is 0 Å². The summed E-state index contributed by atoms with van der Waals surface area (Å²) in [4.78, 5) is 0. The largest absolute Gasteiger partial charge is 0.334 e. The van der Waals surface area contributed by atoms with Crippen molar-refractivity contribution in [2.75, 3.05) is 13.8 Å². The lowest BCUT2D eigenvalue weighted by atomic mass is 11.8. The fraction of sp³-hybridized carbons (Fsp3) is 1.00. The Morgan fingerprint density at radius 2 is 2.00 bits per heavy atom. The highest BCUT2D eigenvalue weighted by Gasteiger charge is 1.86. The molecule has 0 bridgehead atoms. The van der Waals surface area contributed by atoms with Gasteiger partial charge in [-0.1, -0.05) is 0 Å². The predicted molar refractivity (Wildman–Crippen MR) is 21.0 cm³/mol. The summed E-state index contributed by atoms with van der Waals surface area (Å²) in [5.41, 5.74) is 0. The number of hydrogen-bond donors (Lipinski definition) is 0. The first-order chi connectivity index (χ1) is 2.27. The maximum Gasteiger partial charge on any atom is 0.216 e. The zero-order valence-electron chi connectivity index (χ0n) is 3.23. The lowest BCUT2D eigenvalue weighted by molar-refractivity contribution is 0.435. The van der Waals surface area contributed by atoms with Crippen LogP contribution in [0, 0.1) is 0 Å². The molecule has 3 heteroatoms. The van der Waals surface area contributed by atoms with E-state index in [9.17, 15) is 4.20 Å². The predicted octanol–water partition coefficient (Wildman–Crippen LogP) is 1.54. The first-order valence-corrected chi connectivity index (χ1v) is 2.80. The van der Waals surface area contributed by atoms with Gasteiger partial charge in [0.25, 0.3) is 0 Å². The molecule has 0 aliphatic rings. The van der Waals surface area contributed by atoms with Crippen molar-refractivity contribution in [2.45, 2.75) is 0 Å². The van der Waals surface area contributed by atoms with Crippen LogP contribution in [0.15, 0.2) is 0 Å². The Bertz CT molecular complexity index is 23.6. The van der Waals surface area contributed by atoms with Crippen LogP contribution in [0.2, 0.25) is 0 Å². The van der Waals surface area contributed by atoms with Crippen LogP contribution in [0.5, 0.6) is 0 Å². The summed E-state index contributed by atoms with van der Waals surface area (Å²) in [6.45, 7) is 1.40. The van der Waals surface area contributed by atoms with E-state index in [1.807, 2.05) is 0 Å². The van der Waals surface area contributed by atoms with E-state index in [0.29, 0.717) is 0 Å². The number of rotatable bonds is 1. The summed E-state index contributed by atoms with van der Waals surface area (Å²) in [7, 11) is -0.245. The van der Waals surface area contributed by atoms with Gasteiger partial charge in [0.15, 0.2) is 0 Å². The molecule has 0 unspecified atom stereocenters. The SMILES string of the molecule is CO[P@@](C)F. The fourth-order valence-electron chi connectivity index (χ4n) is 0. The minimum atomic E-state index is -1.60.